The quantitative estimate of drug-likeness (QED) is 0.473. The molecule has 0 unspecified atom stereocenters. The Morgan fingerprint density at radius 2 is 1.83 bits per heavy atom. The maximum absolute atomic E-state index is 11.0. The van der Waals surface area contributed by atoms with Gasteiger partial charge in [-0.25, -0.2) is 0 Å². The van der Waals surface area contributed by atoms with Crippen molar-refractivity contribution in [1.82, 2.24) is 0 Å². The molecule has 0 bridgehead atoms. The molecule has 0 amide bonds. The summed E-state index contributed by atoms with van der Waals surface area (Å²) in [4.78, 5) is 0. The Morgan fingerprint density at radius 3 is 2.54 bits per heavy atom. The van der Waals surface area contributed by atoms with Crippen molar-refractivity contribution in [1.29, 1.82) is 0 Å². The second-order valence-corrected chi connectivity index (χ2v) is 9.38. The number of hydrogen-bond donors (Lipinski definition) is 3. The zero-order chi connectivity index (χ0) is 17.3. The molecule has 4 rings (SSSR count). The van der Waals surface area contributed by atoms with Gasteiger partial charge in [-0.2, -0.15) is 0 Å². The van der Waals surface area contributed by atoms with Gasteiger partial charge >= 0.3 is 0 Å². The third-order valence-electron chi connectivity index (χ3n) is 8.41. The van der Waals surface area contributed by atoms with Crippen molar-refractivity contribution in [3.8, 4) is 12.3 Å². The first-order chi connectivity index (χ1) is 11.2. The van der Waals surface area contributed by atoms with Crippen LogP contribution in [-0.4, -0.2) is 33.1 Å². The highest BCUT2D eigenvalue weighted by Gasteiger charge is 2.61. The van der Waals surface area contributed by atoms with E-state index in [1.807, 2.05) is 6.08 Å². The number of aliphatic hydroxyl groups excluding tert-OH is 2. The fourth-order valence-electron chi connectivity index (χ4n) is 6.73. The molecule has 3 fully saturated rings. The summed E-state index contributed by atoms with van der Waals surface area (Å²) < 4.78 is 0. The molecule has 0 aliphatic heterocycles. The molecule has 0 heterocycles. The molecule has 3 heteroatoms. The molecule has 8 atom stereocenters. The van der Waals surface area contributed by atoms with Gasteiger partial charge in [0.15, 0.2) is 0 Å². The largest absolute Gasteiger partial charge is 0.393 e. The SMILES string of the molecule is C#C[C@]1(O)CC[C@@]2(C)C(=C[C@H](O)[C@H]3[C@@H]4CC[C@@H](O)[C@@]4(C)CC[C@@H]32)C1. The zero-order valence-corrected chi connectivity index (χ0v) is 14.8. The van der Waals surface area contributed by atoms with Crippen molar-refractivity contribution in [2.75, 3.05) is 0 Å². The van der Waals surface area contributed by atoms with Crippen LogP contribution in [0.5, 0.6) is 0 Å². The van der Waals surface area contributed by atoms with Crippen LogP contribution in [0.4, 0.5) is 0 Å². The minimum Gasteiger partial charge on any atom is -0.393 e. The fraction of sp³-hybridized carbons (Fsp3) is 0.810. The fourth-order valence-corrected chi connectivity index (χ4v) is 6.73. The maximum Gasteiger partial charge on any atom is 0.128 e. The first-order valence-electron chi connectivity index (χ1n) is 9.51. The molecule has 0 aromatic heterocycles. The average molecular weight is 330 g/mol. The maximum atomic E-state index is 11.0. The molecular weight excluding hydrogens is 300 g/mol. The zero-order valence-electron chi connectivity index (χ0n) is 14.8. The predicted molar refractivity (Wildman–Crippen MR) is 92.9 cm³/mol. The molecule has 3 nitrogen and oxygen atoms in total. The van der Waals surface area contributed by atoms with Crippen molar-refractivity contribution < 1.29 is 15.3 Å². The van der Waals surface area contributed by atoms with Crippen LogP contribution >= 0.6 is 0 Å². The van der Waals surface area contributed by atoms with Gasteiger partial charge in [-0.1, -0.05) is 31.4 Å². The second-order valence-electron chi connectivity index (χ2n) is 9.38. The summed E-state index contributed by atoms with van der Waals surface area (Å²) in [6.45, 7) is 4.53. The van der Waals surface area contributed by atoms with Crippen LogP contribution in [-0.2, 0) is 0 Å². The van der Waals surface area contributed by atoms with Gasteiger partial charge in [0.1, 0.15) is 5.60 Å². The number of fused-ring (bicyclic) bond motifs is 5. The van der Waals surface area contributed by atoms with E-state index in [-0.39, 0.29) is 22.9 Å². The number of rotatable bonds is 0. The molecule has 0 saturated heterocycles. The summed E-state index contributed by atoms with van der Waals surface area (Å²) in [7, 11) is 0. The number of aliphatic hydroxyl groups is 3. The normalized spacial score (nSPS) is 56.5. The third kappa shape index (κ3) is 2.03. The van der Waals surface area contributed by atoms with Gasteiger partial charge in [-0.15, -0.1) is 6.42 Å². The van der Waals surface area contributed by atoms with E-state index in [9.17, 15) is 15.3 Å². The molecular formula is C21H30O3. The van der Waals surface area contributed by atoms with Gasteiger partial charge in [-0.3, -0.25) is 0 Å². The topological polar surface area (TPSA) is 60.7 Å². The Morgan fingerprint density at radius 1 is 1.08 bits per heavy atom. The third-order valence-corrected chi connectivity index (χ3v) is 8.41. The summed E-state index contributed by atoms with van der Waals surface area (Å²) >= 11 is 0. The van der Waals surface area contributed by atoms with E-state index < -0.39 is 11.7 Å². The summed E-state index contributed by atoms with van der Waals surface area (Å²) in [6, 6.07) is 0. The van der Waals surface area contributed by atoms with E-state index in [4.69, 9.17) is 6.42 Å². The van der Waals surface area contributed by atoms with Crippen LogP contribution in [0.2, 0.25) is 0 Å². The van der Waals surface area contributed by atoms with Crippen molar-refractivity contribution in [3.63, 3.8) is 0 Å². The van der Waals surface area contributed by atoms with E-state index in [2.05, 4.69) is 19.8 Å². The first kappa shape index (κ1) is 16.6. The number of hydrogen-bond acceptors (Lipinski definition) is 3. The smallest absolute Gasteiger partial charge is 0.128 e. The van der Waals surface area contributed by atoms with E-state index in [0.29, 0.717) is 24.7 Å². The van der Waals surface area contributed by atoms with Crippen molar-refractivity contribution in [2.45, 2.75) is 76.6 Å². The molecule has 4 aliphatic rings. The lowest BCUT2D eigenvalue weighted by Gasteiger charge is -2.59. The van der Waals surface area contributed by atoms with Crippen molar-refractivity contribution >= 4 is 0 Å². The van der Waals surface area contributed by atoms with Crippen molar-refractivity contribution in [2.24, 2.45) is 28.6 Å². The lowest BCUT2D eigenvalue weighted by atomic mass is 9.46. The molecule has 4 aliphatic carbocycles. The van der Waals surface area contributed by atoms with Crippen LogP contribution < -0.4 is 0 Å². The Bertz CT molecular complexity index is 619. The Labute approximate surface area is 145 Å². The molecule has 24 heavy (non-hydrogen) atoms. The van der Waals surface area contributed by atoms with Crippen molar-refractivity contribution in [3.05, 3.63) is 11.6 Å². The van der Waals surface area contributed by atoms with Gasteiger partial charge in [0.25, 0.3) is 0 Å². The number of terminal acetylenes is 1. The lowest BCUT2D eigenvalue weighted by molar-refractivity contribution is -0.109. The molecule has 0 radical (unpaired) electrons. The van der Waals surface area contributed by atoms with E-state index in [0.717, 1.165) is 37.7 Å². The van der Waals surface area contributed by atoms with Gasteiger partial charge < -0.3 is 15.3 Å². The predicted octanol–water partition coefficient (Wildman–Crippen LogP) is 2.65. The van der Waals surface area contributed by atoms with Gasteiger partial charge in [0.05, 0.1) is 12.2 Å². The highest BCUT2D eigenvalue weighted by atomic mass is 16.3. The van der Waals surface area contributed by atoms with Crippen LogP contribution in [0, 0.1) is 40.9 Å². The summed E-state index contributed by atoms with van der Waals surface area (Å²) in [5.41, 5.74) is 0.0926. The second kappa shape index (κ2) is 5.10. The highest BCUT2D eigenvalue weighted by Crippen LogP contribution is 2.65. The van der Waals surface area contributed by atoms with Gasteiger partial charge in [-0.05, 0) is 67.1 Å². The molecule has 0 aromatic carbocycles. The molecule has 3 N–H and O–H groups in total. The first-order valence-corrected chi connectivity index (χ1v) is 9.51. The summed E-state index contributed by atoms with van der Waals surface area (Å²) in [5, 5.41) is 32.0. The van der Waals surface area contributed by atoms with E-state index >= 15 is 0 Å². The standard InChI is InChI=1S/C21H30O3/c1-4-21(24)10-9-19(2)13(12-21)11-16(22)18-14-5-6-17(23)20(14,3)8-7-15(18)19/h1,11,14-18,22-24H,5-10,12H2,2-3H3/t14-,15-,16-,17+,18-,19-,20-,21-/m0/s1. The minimum absolute atomic E-state index is 0.0296. The monoisotopic (exact) mass is 330 g/mol. The minimum atomic E-state index is -1.05. The molecule has 3 saturated carbocycles. The average Bonchev–Trinajstić information content (AvgIpc) is 2.85. The van der Waals surface area contributed by atoms with Crippen LogP contribution in [0.25, 0.3) is 0 Å². The van der Waals surface area contributed by atoms with Gasteiger partial charge in [0.2, 0.25) is 0 Å². The summed E-state index contributed by atoms with van der Waals surface area (Å²) in [6.07, 6.45) is 12.8. The van der Waals surface area contributed by atoms with Crippen LogP contribution in [0.3, 0.4) is 0 Å². The Balaban J connectivity index is 1.73. The molecule has 0 spiro atoms. The highest BCUT2D eigenvalue weighted by molar-refractivity contribution is 5.32. The van der Waals surface area contributed by atoms with E-state index in [1.54, 1.807) is 0 Å². The van der Waals surface area contributed by atoms with Crippen LogP contribution in [0.1, 0.15) is 58.8 Å². The molecule has 132 valence electrons. The Hall–Kier alpha value is -0.820. The summed E-state index contributed by atoms with van der Waals surface area (Å²) in [5.74, 6) is 3.62. The van der Waals surface area contributed by atoms with E-state index in [1.165, 1.54) is 0 Å². The Kier molecular flexibility index (Phi) is 3.53. The van der Waals surface area contributed by atoms with Gasteiger partial charge in [0, 0.05) is 6.42 Å². The molecule has 0 aromatic rings. The van der Waals surface area contributed by atoms with Crippen LogP contribution in [0.15, 0.2) is 11.6 Å². The lowest BCUT2D eigenvalue weighted by Crippen LogP contribution is -2.56.